The van der Waals surface area contributed by atoms with Gasteiger partial charge < -0.3 is 15.0 Å². The van der Waals surface area contributed by atoms with Gasteiger partial charge in [-0.1, -0.05) is 11.3 Å². The van der Waals surface area contributed by atoms with E-state index in [4.69, 9.17) is 9.57 Å². The number of carbonyl (C=O) groups excluding carboxylic acids is 2. The molecular weight excluding hydrogens is 495 g/mol. The maximum Gasteiger partial charge on any atom is 0.414 e. The summed E-state index contributed by atoms with van der Waals surface area (Å²) in [5.74, 6) is -0.580. The summed E-state index contributed by atoms with van der Waals surface area (Å²) in [5.41, 5.74) is 5.44. The lowest BCUT2D eigenvalue weighted by Gasteiger charge is -2.14. The molecule has 2 atom stereocenters. The Labute approximate surface area is 218 Å². The number of cyclic esters (lactones) is 1. The number of pyridine rings is 1. The van der Waals surface area contributed by atoms with E-state index in [9.17, 15) is 9.59 Å². The minimum Gasteiger partial charge on any atom is -0.442 e. The fraction of sp³-hybridized carbons (Fsp3) is 0.320. The summed E-state index contributed by atoms with van der Waals surface area (Å²) in [6.07, 6.45) is 5.34. The van der Waals surface area contributed by atoms with Crippen molar-refractivity contribution in [2.45, 2.75) is 18.8 Å². The van der Waals surface area contributed by atoms with Crippen LogP contribution in [0.1, 0.15) is 5.69 Å². The molecule has 0 bridgehead atoms. The van der Waals surface area contributed by atoms with E-state index in [-0.39, 0.29) is 18.6 Å². The summed E-state index contributed by atoms with van der Waals surface area (Å²) in [5, 5.41) is 10.4. The molecule has 4 heterocycles. The summed E-state index contributed by atoms with van der Waals surface area (Å²) < 4.78 is 22.1. The Bertz CT molecular complexity index is 1330. The predicted molar refractivity (Wildman–Crippen MR) is 135 cm³/mol. The van der Waals surface area contributed by atoms with Crippen molar-refractivity contribution in [2.24, 2.45) is 0 Å². The van der Waals surface area contributed by atoms with Gasteiger partial charge in [0.25, 0.3) is 0 Å². The average molecular weight is 523 g/mol. The second-order valence-electron chi connectivity index (χ2n) is 9.22. The summed E-state index contributed by atoms with van der Waals surface area (Å²) in [7, 11) is 3.64. The lowest BCUT2D eigenvalue weighted by molar-refractivity contribution is -0.122. The minimum atomic E-state index is -0.539. The van der Waals surface area contributed by atoms with Crippen molar-refractivity contribution in [3.63, 3.8) is 0 Å². The molecule has 13 heteroatoms. The van der Waals surface area contributed by atoms with E-state index in [1.54, 1.807) is 52.4 Å². The highest BCUT2D eigenvalue weighted by molar-refractivity contribution is 5.90. The van der Waals surface area contributed by atoms with Gasteiger partial charge >= 0.3 is 6.09 Å². The Kier molecular flexibility index (Phi) is 7.29. The largest absolute Gasteiger partial charge is 0.442 e. The first kappa shape index (κ1) is 25.3. The number of halogens is 1. The summed E-state index contributed by atoms with van der Waals surface area (Å²) >= 11 is 0. The zero-order valence-corrected chi connectivity index (χ0v) is 20.9. The number of rotatable bonds is 9. The summed E-state index contributed by atoms with van der Waals surface area (Å²) in [6.45, 7) is 1.26. The Morgan fingerprint density at radius 3 is 2.87 bits per heavy atom. The molecule has 0 radical (unpaired) electrons. The monoisotopic (exact) mass is 522 g/mol. The maximum absolute atomic E-state index is 15.1. The molecule has 3 aromatic rings. The Balaban J connectivity index is 1.21. The topological polar surface area (TPSA) is 127 Å². The number of anilines is 1. The van der Waals surface area contributed by atoms with Crippen molar-refractivity contribution in [3.05, 3.63) is 66.5 Å². The van der Waals surface area contributed by atoms with Crippen molar-refractivity contribution in [1.29, 1.82) is 0 Å². The maximum atomic E-state index is 15.1. The van der Waals surface area contributed by atoms with E-state index < -0.39 is 18.0 Å². The number of hydroxylamine groups is 1. The van der Waals surface area contributed by atoms with Crippen LogP contribution < -0.4 is 15.7 Å². The first-order chi connectivity index (χ1) is 18.4. The van der Waals surface area contributed by atoms with Crippen LogP contribution >= 0.6 is 0 Å². The van der Waals surface area contributed by atoms with Crippen molar-refractivity contribution < 1.29 is 23.6 Å². The number of hydrogen-bond donors (Lipinski definition) is 2. The molecule has 2 N–H and O–H groups in total. The third-order valence-electron chi connectivity index (χ3n) is 5.98. The molecular formula is C25H27FN8O4. The lowest BCUT2D eigenvalue weighted by Crippen LogP contribution is -2.37. The molecule has 5 rings (SSSR count). The molecule has 1 saturated heterocycles. The van der Waals surface area contributed by atoms with E-state index >= 15 is 4.39 Å². The molecule has 0 spiro atoms. The highest BCUT2D eigenvalue weighted by atomic mass is 19.1. The first-order valence-corrected chi connectivity index (χ1v) is 12.0. The van der Waals surface area contributed by atoms with Gasteiger partial charge in [-0.3, -0.25) is 25.0 Å². The van der Waals surface area contributed by atoms with Gasteiger partial charge in [-0.05, 0) is 44.4 Å². The molecule has 2 aliphatic rings. The van der Waals surface area contributed by atoms with Crippen LogP contribution in [0.15, 0.2) is 55.0 Å². The molecule has 198 valence electrons. The number of aromatic nitrogens is 4. The van der Waals surface area contributed by atoms with Crippen LogP contribution in [0.3, 0.4) is 0 Å². The zero-order chi connectivity index (χ0) is 26.6. The Hall–Kier alpha value is -4.36. The van der Waals surface area contributed by atoms with E-state index in [2.05, 4.69) is 26.1 Å². The van der Waals surface area contributed by atoms with Crippen LogP contribution in [0.2, 0.25) is 0 Å². The van der Waals surface area contributed by atoms with Gasteiger partial charge in [0.15, 0.2) is 0 Å². The van der Waals surface area contributed by atoms with Gasteiger partial charge in [0.1, 0.15) is 18.0 Å². The highest BCUT2D eigenvalue weighted by Gasteiger charge is 2.33. The van der Waals surface area contributed by atoms with Gasteiger partial charge in [0, 0.05) is 23.5 Å². The number of benzene rings is 1. The highest BCUT2D eigenvalue weighted by Crippen LogP contribution is 2.29. The molecule has 2 amide bonds. The van der Waals surface area contributed by atoms with E-state index in [1.807, 2.05) is 20.2 Å². The van der Waals surface area contributed by atoms with Crippen LogP contribution in [0.4, 0.5) is 14.9 Å². The van der Waals surface area contributed by atoms with Crippen molar-refractivity contribution in [1.82, 2.24) is 35.7 Å². The predicted octanol–water partition coefficient (Wildman–Crippen LogP) is 1.43. The number of nitrogens with zero attached hydrogens (tertiary/aromatic N) is 6. The molecule has 2 aromatic heterocycles. The number of amides is 2. The standard InChI is InChI=1S/C25H27FN8O4/c1-32(2)15-24(35)28-12-18-10-23(30-38-18)22-6-3-16(11-27-22)20-5-4-17(9-21(20)26)34-14-19(37-25(34)36)13-33-8-7-29-31-33/h3-11,18-19,30H,12-15H2,1-2H3,(H,28,35)/t18-,19-/m0/s1. The molecule has 0 saturated carbocycles. The van der Waals surface area contributed by atoms with Crippen LogP contribution in [0.5, 0.6) is 0 Å². The van der Waals surface area contributed by atoms with E-state index in [0.717, 1.165) is 0 Å². The Morgan fingerprint density at radius 1 is 1.29 bits per heavy atom. The second-order valence-corrected chi connectivity index (χ2v) is 9.22. The van der Waals surface area contributed by atoms with Gasteiger partial charge in [-0.25, -0.2) is 13.9 Å². The fourth-order valence-electron chi connectivity index (χ4n) is 4.17. The third-order valence-corrected chi connectivity index (χ3v) is 5.98. The molecule has 0 aliphatic carbocycles. The molecule has 1 fully saturated rings. The smallest absolute Gasteiger partial charge is 0.414 e. The fourth-order valence-corrected chi connectivity index (χ4v) is 4.17. The summed E-state index contributed by atoms with van der Waals surface area (Å²) in [4.78, 5) is 37.3. The van der Waals surface area contributed by atoms with E-state index in [1.165, 1.54) is 11.0 Å². The lowest BCUT2D eigenvalue weighted by atomic mass is 10.1. The SMILES string of the molecule is CN(C)CC(=O)NC[C@@H]1C=C(c2ccc(-c3ccc(N4C[C@H](Cn5ccnn5)OC4=O)cc3F)cn2)NO1. The average Bonchev–Trinajstić information content (AvgIpc) is 3.65. The second kappa shape index (κ2) is 10.9. The number of ether oxygens (including phenoxy) is 1. The third kappa shape index (κ3) is 5.79. The molecule has 0 unspecified atom stereocenters. The van der Waals surface area contributed by atoms with Crippen LogP contribution in [-0.4, -0.2) is 82.8 Å². The Morgan fingerprint density at radius 2 is 2.16 bits per heavy atom. The number of hydrogen-bond acceptors (Lipinski definition) is 9. The summed E-state index contributed by atoms with van der Waals surface area (Å²) in [6, 6.07) is 8.11. The minimum absolute atomic E-state index is 0.0933. The quantitative estimate of drug-likeness (QED) is 0.429. The van der Waals surface area contributed by atoms with E-state index in [0.29, 0.717) is 47.8 Å². The normalized spacial score (nSPS) is 18.9. The number of likely N-dealkylation sites (N-methyl/N-ethyl adjacent to an activating group) is 1. The van der Waals surface area contributed by atoms with Crippen LogP contribution in [-0.2, 0) is 20.9 Å². The van der Waals surface area contributed by atoms with Gasteiger partial charge in [-0.15, -0.1) is 5.10 Å². The van der Waals surface area contributed by atoms with Gasteiger partial charge in [-0.2, -0.15) is 0 Å². The number of carbonyl (C=O) groups is 2. The molecule has 38 heavy (non-hydrogen) atoms. The zero-order valence-electron chi connectivity index (χ0n) is 20.9. The first-order valence-electron chi connectivity index (χ1n) is 12.0. The molecule has 1 aromatic carbocycles. The van der Waals surface area contributed by atoms with Gasteiger partial charge in [0.05, 0.1) is 49.5 Å². The van der Waals surface area contributed by atoms with Crippen molar-refractivity contribution in [3.8, 4) is 11.1 Å². The van der Waals surface area contributed by atoms with Crippen molar-refractivity contribution in [2.75, 3.05) is 38.6 Å². The molecule has 12 nitrogen and oxygen atoms in total. The van der Waals surface area contributed by atoms with Crippen LogP contribution in [0.25, 0.3) is 16.8 Å². The van der Waals surface area contributed by atoms with Crippen molar-refractivity contribution >= 4 is 23.4 Å². The number of nitrogens with one attached hydrogen (secondary N) is 2. The van der Waals surface area contributed by atoms with Crippen LogP contribution in [0, 0.1) is 5.82 Å². The van der Waals surface area contributed by atoms with Gasteiger partial charge in [0.2, 0.25) is 5.91 Å². The molecule has 2 aliphatic heterocycles.